The molecule has 3 rings (SSSR count). The van der Waals surface area contributed by atoms with Crippen LogP contribution in [0.2, 0.25) is 0 Å². The van der Waals surface area contributed by atoms with Gasteiger partial charge in [0.05, 0.1) is 5.56 Å². The Hall–Kier alpha value is -1.96. The summed E-state index contributed by atoms with van der Waals surface area (Å²) in [5.41, 5.74) is -0.0968. The third kappa shape index (κ3) is 3.11. The fourth-order valence-electron chi connectivity index (χ4n) is 2.94. The molecule has 2 aromatic rings. The molecule has 1 saturated heterocycles. The predicted octanol–water partition coefficient (Wildman–Crippen LogP) is 2.28. The molecule has 1 aliphatic rings. The molecule has 1 fully saturated rings. The average Bonchev–Trinajstić information content (AvgIpc) is 3.02. The van der Waals surface area contributed by atoms with Gasteiger partial charge in [0.2, 0.25) is 0 Å². The summed E-state index contributed by atoms with van der Waals surface area (Å²) in [4.78, 5) is 1.41. The highest BCUT2D eigenvalue weighted by Gasteiger charge is 2.33. The lowest BCUT2D eigenvalue weighted by molar-refractivity contribution is -0.137. The van der Waals surface area contributed by atoms with Crippen molar-refractivity contribution in [3.63, 3.8) is 0 Å². The van der Waals surface area contributed by atoms with Crippen LogP contribution in [0.4, 0.5) is 13.2 Å². The van der Waals surface area contributed by atoms with Crippen LogP contribution in [0.3, 0.4) is 0 Å². The minimum atomic E-state index is -4.36. The summed E-state index contributed by atoms with van der Waals surface area (Å²) >= 11 is 0. The van der Waals surface area contributed by atoms with E-state index >= 15 is 0 Å². The average molecular weight is 311 g/mol. The summed E-state index contributed by atoms with van der Waals surface area (Å²) in [7, 11) is 0. The van der Waals surface area contributed by atoms with Crippen LogP contribution < -0.4 is 5.32 Å². The smallest absolute Gasteiger partial charge is 0.316 e. The lowest BCUT2D eigenvalue weighted by atomic mass is 9.87. The first-order valence-electron chi connectivity index (χ1n) is 7.16. The first-order chi connectivity index (χ1) is 10.6. The Bertz CT molecular complexity index is 605. The standard InChI is InChI=1S/C14H16F3N5/c15-14(16,17)12-5-1-3-10(7-12)13(22-20-9-19-21-22)11-4-2-6-18-8-11/h1,3,5,7,9,11,13,18H,2,4,6,8H2/t11-,13+/m0/s1. The first-order valence-corrected chi connectivity index (χ1v) is 7.16. The van der Waals surface area contributed by atoms with Crippen LogP contribution in [0.15, 0.2) is 30.6 Å². The van der Waals surface area contributed by atoms with Crippen LogP contribution in [0, 0.1) is 5.92 Å². The van der Waals surface area contributed by atoms with E-state index in [1.54, 1.807) is 6.07 Å². The molecule has 0 saturated carbocycles. The molecule has 1 aliphatic heterocycles. The molecule has 118 valence electrons. The van der Waals surface area contributed by atoms with Crippen molar-refractivity contribution < 1.29 is 13.2 Å². The normalized spacial score (nSPS) is 20.8. The number of hydrogen-bond acceptors (Lipinski definition) is 4. The molecule has 1 N–H and O–H groups in total. The van der Waals surface area contributed by atoms with Crippen molar-refractivity contribution in [2.24, 2.45) is 5.92 Å². The number of piperidine rings is 1. The minimum Gasteiger partial charge on any atom is -0.316 e. The molecule has 1 aromatic heterocycles. The van der Waals surface area contributed by atoms with Gasteiger partial charge in [-0.2, -0.15) is 18.0 Å². The number of tetrazole rings is 1. The third-order valence-electron chi connectivity index (χ3n) is 3.95. The minimum absolute atomic E-state index is 0.131. The van der Waals surface area contributed by atoms with Gasteiger partial charge >= 0.3 is 6.18 Å². The molecule has 0 amide bonds. The summed E-state index contributed by atoms with van der Waals surface area (Å²) in [6.07, 6.45) is -1.16. The van der Waals surface area contributed by atoms with Gasteiger partial charge in [-0.15, -0.1) is 10.2 Å². The topological polar surface area (TPSA) is 55.6 Å². The Morgan fingerprint density at radius 3 is 2.82 bits per heavy atom. The van der Waals surface area contributed by atoms with Crippen molar-refractivity contribution >= 4 is 0 Å². The van der Waals surface area contributed by atoms with Crippen molar-refractivity contribution in [2.45, 2.75) is 25.1 Å². The van der Waals surface area contributed by atoms with Crippen LogP contribution in [-0.2, 0) is 6.18 Å². The lowest BCUT2D eigenvalue weighted by Crippen LogP contribution is -2.36. The van der Waals surface area contributed by atoms with Crippen LogP contribution in [0.5, 0.6) is 0 Å². The maximum atomic E-state index is 13.0. The van der Waals surface area contributed by atoms with E-state index in [4.69, 9.17) is 0 Å². The van der Waals surface area contributed by atoms with Crippen molar-refractivity contribution in [2.75, 3.05) is 13.1 Å². The molecule has 0 radical (unpaired) electrons. The summed E-state index contributed by atoms with van der Waals surface area (Å²) < 4.78 is 38.9. The van der Waals surface area contributed by atoms with E-state index < -0.39 is 11.7 Å². The van der Waals surface area contributed by atoms with E-state index in [0.717, 1.165) is 32.0 Å². The molecule has 5 nitrogen and oxygen atoms in total. The van der Waals surface area contributed by atoms with Crippen molar-refractivity contribution in [3.8, 4) is 0 Å². The van der Waals surface area contributed by atoms with Crippen molar-refractivity contribution in [3.05, 3.63) is 41.7 Å². The highest BCUT2D eigenvalue weighted by molar-refractivity contribution is 5.28. The Kier molecular flexibility index (Phi) is 4.10. The zero-order valence-corrected chi connectivity index (χ0v) is 11.8. The van der Waals surface area contributed by atoms with E-state index in [9.17, 15) is 13.2 Å². The second-order valence-electron chi connectivity index (χ2n) is 5.43. The number of hydrogen-bond donors (Lipinski definition) is 1. The van der Waals surface area contributed by atoms with E-state index in [2.05, 4.69) is 20.7 Å². The zero-order chi connectivity index (χ0) is 15.6. The summed E-state index contributed by atoms with van der Waals surface area (Å²) in [5.74, 6) is 0.131. The Morgan fingerprint density at radius 2 is 2.18 bits per heavy atom. The van der Waals surface area contributed by atoms with Gasteiger partial charge in [-0.05, 0) is 48.2 Å². The number of halogens is 3. The highest BCUT2D eigenvalue weighted by Crippen LogP contribution is 2.34. The summed E-state index contributed by atoms with van der Waals surface area (Å²) in [6, 6.07) is 5.03. The Balaban J connectivity index is 1.99. The SMILES string of the molecule is FC(F)(F)c1cccc([C@H]([C@H]2CCCNC2)n2ncnn2)c1. The van der Waals surface area contributed by atoms with E-state index in [-0.39, 0.29) is 12.0 Å². The first kappa shape index (κ1) is 15.0. The molecule has 2 atom stereocenters. The number of rotatable bonds is 3. The quantitative estimate of drug-likeness (QED) is 0.945. The van der Waals surface area contributed by atoms with Gasteiger partial charge in [-0.1, -0.05) is 12.1 Å². The third-order valence-corrected chi connectivity index (χ3v) is 3.95. The van der Waals surface area contributed by atoms with E-state index in [1.165, 1.54) is 23.3 Å². The molecule has 1 aromatic carbocycles. The van der Waals surface area contributed by atoms with Gasteiger partial charge in [0.25, 0.3) is 0 Å². The van der Waals surface area contributed by atoms with Gasteiger partial charge in [-0.3, -0.25) is 0 Å². The second-order valence-corrected chi connectivity index (χ2v) is 5.43. The van der Waals surface area contributed by atoms with Crippen molar-refractivity contribution in [1.82, 2.24) is 25.5 Å². The molecule has 22 heavy (non-hydrogen) atoms. The number of alkyl halides is 3. The maximum absolute atomic E-state index is 13.0. The number of nitrogens with zero attached hydrogens (tertiary/aromatic N) is 4. The Labute approximate surface area is 125 Å². The number of aromatic nitrogens is 4. The molecular formula is C14H16F3N5. The van der Waals surface area contributed by atoms with Gasteiger partial charge in [0, 0.05) is 6.54 Å². The maximum Gasteiger partial charge on any atom is 0.416 e. The monoisotopic (exact) mass is 311 g/mol. The van der Waals surface area contributed by atoms with Crippen LogP contribution in [-0.4, -0.2) is 33.3 Å². The molecule has 0 spiro atoms. The van der Waals surface area contributed by atoms with Crippen LogP contribution in [0.1, 0.15) is 30.0 Å². The lowest BCUT2D eigenvalue weighted by Gasteiger charge is -2.30. The van der Waals surface area contributed by atoms with Crippen LogP contribution >= 0.6 is 0 Å². The summed E-state index contributed by atoms with van der Waals surface area (Å²) in [6.45, 7) is 1.65. The molecule has 0 bridgehead atoms. The van der Waals surface area contributed by atoms with Gasteiger partial charge < -0.3 is 5.32 Å². The molecule has 0 aliphatic carbocycles. The predicted molar refractivity (Wildman–Crippen MR) is 73.0 cm³/mol. The zero-order valence-electron chi connectivity index (χ0n) is 11.8. The fourth-order valence-corrected chi connectivity index (χ4v) is 2.94. The second kappa shape index (κ2) is 6.04. The Morgan fingerprint density at radius 1 is 1.32 bits per heavy atom. The molecule has 2 heterocycles. The molecule has 8 heteroatoms. The van der Waals surface area contributed by atoms with Crippen molar-refractivity contribution in [1.29, 1.82) is 0 Å². The van der Waals surface area contributed by atoms with Gasteiger partial charge in [0.15, 0.2) is 6.33 Å². The number of benzene rings is 1. The van der Waals surface area contributed by atoms with Gasteiger partial charge in [-0.25, -0.2) is 0 Å². The van der Waals surface area contributed by atoms with E-state index in [0.29, 0.717) is 5.56 Å². The van der Waals surface area contributed by atoms with Gasteiger partial charge in [0.1, 0.15) is 6.04 Å². The highest BCUT2D eigenvalue weighted by atomic mass is 19.4. The largest absolute Gasteiger partial charge is 0.416 e. The fraction of sp³-hybridized carbons (Fsp3) is 0.500. The van der Waals surface area contributed by atoms with E-state index in [1.807, 2.05) is 0 Å². The van der Waals surface area contributed by atoms with Crippen LogP contribution in [0.25, 0.3) is 0 Å². The number of nitrogens with one attached hydrogen (secondary N) is 1. The molecule has 0 unspecified atom stereocenters. The molecular weight excluding hydrogens is 295 g/mol. The summed E-state index contributed by atoms with van der Waals surface area (Å²) in [5, 5.41) is 14.9.